The van der Waals surface area contributed by atoms with Crippen LogP contribution in [0.2, 0.25) is 0 Å². The number of carbonyl (C=O) groups is 1. The van der Waals surface area contributed by atoms with Gasteiger partial charge in [0.05, 0.1) is 0 Å². The van der Waals surface area contributed by atoms with Gasteiger partial charge >= 0.3 is 5.97 Å². The molecular formula is C11H11BrN4O2. The van der Waals surface area contributed by atoms with Crippen LogP contribution in [0.15, 0.2) is 22.7 Å². The molecule has 6 nitrogen and oxygen atoms in total. The minimum Gasteiger partial charge on any atom is -0.480 e. The summed E-state index contributed by atoms with van der Waals surface area (Å²) in [6.07, 6.45) is 0. The molecule has 94 valence electrons. The Balaban J connectivity index is 2.52. The highest BCUT2D eigenvalue weighted by molar-refractivity contribution is 9.10. The van der Waals surface area contributed by atoms with Gasteiger partial charge < -0.3 is 5.11 Å². The first-order valence-electron chi connectivity index (χ1n) is 5.28. The van der Waals surface area contributed by atoms with E-state index in [1.807, 2.05) is 25.1 Å². The summed E-state index contributed by atoms with van der Waals surface area (Å²) in [6, 6.07) is 4.89. The van der Waals surface area contributed by atoms with Gasteiger partial charge in [0.1, 0.15) is 0 Å². The largest absolute Gasteiger partial charge is 0.480 e. The van der Waals surface area contributed by atoms with Crippen LogP contribution in [0.5, 0.6) is 0 Å². The van der Waals surface area contributed by atoms with Crippen molar-refractivity contribution in [3.05, 3.63) is 28.2 Å². The average Bonchev–Trinajstić information content (AvgIpc) is 2.76. The summed E-state index contributed by atoms with van der Waals surface area (Å²) in [5.41, 5.74) is 1.86. The first kappa shape index (κ1) is 12.7. The van der Waals surface area contributed by atoms with E-state index in [-0.39, 0.29) is 0 Å². The highest BCUT2D eigenvalue weighted by Gasteiger charge is 2.21. The number of hydrogen-bond acceptors (Lipinski definition) is 4. The fraction of sp³-hybridized carbons (Fsp3) is 0.273. The standard InChI is InChI=1S/C11H11BrN4O2/c1-6-3-4-8(9(12)5-6)10-13-14-15-16(10)7(2)11(17)18/h3-5,7H,1-2H3,(H,17,18). The lowest BCUT2D eigenvalue weighted by atomic mass is 10.1. The van der Waals surface area contributed by atoms with E-state index in [9.17, 15) is 4.79 Å². The van der Waals surface area contributed by atoms with Crippen LogP contribution in [0, 0.1) is 6.92 Å². The van der Waals surface area contributed by atoms with Crippen LogP contribution in [-0.2, 0) is 4.79 Å². The van der Waals surface area contributed by atoms with Crippen LogP contribution >= 0.6 is 15.9 Å². The molecule has 0 amide bonds. The normalized spacial score (nSPS) is 12.4. The molecule has 0 bridgehead atoms. The van der Waals surface area contributed by atoms with Gasteiger partial charge in [-0.3, -0.25) is 0 Å². The molecule has 0 aliphatic rings. The maximum Gasteiger partial charge on any atom is 0.328 e. The zero-order chi connectivity index (χ0) is 13.3. The SMILES string of the molecule is Cc1ccc(-c2nnnn2C(C)C(=O)O)c(Br)c1. The number of aryl methyl sites for hydroxylation is 1. The van der Waals surface area contributed by atoms with E-state index in [1.165, 1.54) is 11.6 Å². The number of carboxylic acids is 1. The first-order chi connectivity index (χ1) is 8.50. The van der Waals surface area contributed by atoms with Crippen LogP contribution in [0.25, 0.3) is 11.4 Å². The van der Waals surface area contributed by atoms with Gasteiger partial charge in [-0.2, -0.15) is 0 Å². The molecule has 0 aliphatic carbocycles. The Hall–Kier alpha value is -1.76. The summed E-state index contributed by atoms with van der Waals surface area (Å²) in [5, 5.41) is 20.2. The monoisotopic (exact) mass is 310 g/mol. The number of aromatic nitrogens is 4. The Labute approximate surface area is 112 Å². The van der Waals surface area contributed by atoms with Crippen LogP contribution < -0.4 is 0 Å². The number of tetrazole rings is 1. The van der Waals surface area contributed by atoms with Crippen molar-refractivity contribution in [1.82, 2.24) is 20.2 Å². The first-order valence-corrected chi connectivity index (χ1v) is 6.07. The van der Waals surface area contributed by atoms with Gasteiger partial charge in [0.15, 0.2) is 11.9 Å². The zero-order valence-electron chi connectivity index (χ0n) is 9.83. The van der Waals surface area contributed by atoms with Crippen molar-refractivity contribution < 1.29 is 9.90 Å². The van der Waals surface area contributed by atoms with E-state index in [4.69, 9.17) is 5.11 Å². The van der Waals surface area contributed by atoms with Crippen molar-refractivity contribution >= 4 is 21.9 Å². The third-order valence-corrected chi connectivity index (χ3v) is 3.24. The molecule has 0 spiro atoms. The second-order valence-electron chi connectivity index (χ2n) is 3.94. The second kappa shape index (κ2) is 4.85. The number of rotatable bonds is 3. The minimum absolute atomic E-state index is 0.428. The molecule has 18 heavy (non-hydrogen) atoms. The van der Waals surface area contributed by atoms with Gasteiger partial charge in [0.25, 0.3) is 0 Å². The lowest BCUT2D eigenvalue weighted by Crippen LogP contribution is -2.18. The molecule has 0 aliphatic heterocycles. The molecule has 0 radical (unpaired) electrons. The molecule has 0 fully saturated rings. The lowest BCUT2D eigenvalue weighted by Gasteiger charge is -2.10. The molecule has 7 heteroatoms. The van der Waals surface area contributed by atoms with E-state index < -0.39 is 12.0 Å². The third-order valence-electron chi connectivity index (χ3n) is 2.58. The predicted molar refractivity (Wildman–Crippen MR) is 68.0 cm³/mol. The van der Waals surface area contributed by atoms with Crippen molar-refractivity contribution in [3.63, 3.8) is 0 Å². The highest BCUT2D eigenvalue weighted by Crippen LogP contribution is 2.28. The van der Waals surface area contributed by atoms with Crippen molar-refractivity contribution in [1.29, 1.82) is 0 Å². The van der Waals surface area contributed by atoms with Crippen molar-refractivity contribution in [3.8, 4) is 11.4 Å². The van der Waals surface area contributed by atoms with Crippen LogP contribution in [0.1, 0.15) is 18.5 Å². The van der Waals surface area contributed by atoms with Gasteiger partial charge in [-0.15, -0.1) is 5.10 Å². The van der Waals surface area contributed by atoms with Crippen LogP contribution in [0.4, 0.5) is 0 Å². The van der Waals surface area contributed by atoms with Crippen LogP contribution in [-0.4, -0.2) is 31.3 Å². The maximum atomic E-state index is 11.0. The van der Waals surface area contributed by atoms with Gasteiger partial charge in [0.2, 0.25) is 0 Å². The number of halogens is 1. The molecule has 1 N–H and O–H groups in total. The summed E-state index contributed by atoms with van der Waals surface area (Å²) in [7, 11) is 0. The number of aliphatic carboxylic acids is 1. The molecule has 1 atom stereocenters. The van der Waals surface area contributed by atoms with Gasteiger partial charge in [-0.1, -0.05) is 22.0 Å². The number of benzene rings is 1. The minimum atomic E-state index is -0.980. The Kier molecular flexibility index (Phi) is 3.42. The summed E-state index contributed by atoms with van der Waals surface area (Å²) >= 11 is 3.43. The number of carboxylic acid groups (broad SMARTS) is 1. The zero-order valence-corrected chi connectivity index (χ0v) is 11.4. The molecular weight excluding hydrogens is 300 g/mol. The quantitative estimate of drug-likeness (QED) is 0.938. The summed E-state index contributed by atoms with van der Waals surface area (Å²) in [6.45, 7) is 3.50. The molecule has 2 rings (SSSR count). The fourth-order valence-electron chi connectivity index (χ4n) is 1.54. The van der Waals surface area contributed by atoms with Gasteiger partial charge in [-0.25, -0.2) is 9.48 Å². The van der Waals surface area contributed by atoms with E-state index in [1.54, 1.807) is 0 Å². The van der Waals surface area contributed by atoms with Crippen molar-refractivity contribution in [2.45, 2.75) is 19.9 Å². The summed E-state index contributed by atoms with van der Waals surface area (Å²) in [5.74, 6) is -0.552. The molecule has 0 saturated heterocycles. The van der Waals surface area contributed by atoms with E-state index >= 15 is 0 Å². The Bertz CT molecular complexity index is 596. The lowest BCUT2D eigenvalue weighted by molar-refractivity contribution is -0.140. The van der Waals surface area contributed by atoms with E-state index in [0.29, 0.717) is 5.82 Å². The average molecular weight is 311 g/mol. The number of hydrogen-bond donors (Lipinski definition) is 1. The van der Waals surface area contributed by atoms with Crippen LogP contribution in [0.3, 0.4) is 0 Å². The van der Waals surface area contributed by atoms with E-state index in [2.05, 4.69) is 31.5 Å². The molecule has 2 aromatic rings. The van der Waals surface area contributed by atoms with Gasteiger partial charge in [0, 0.05) is 10.0 Å². The molecule has 1 aromatic heterocycles. The Morgan fingerprint density at radius 2 is 2.22 bits per heavy atom. The summed E-state index contributed by atoms with van der Waals surface area (Å²) in [4.78, 5) is 11.0. The molecule has 0 saturated carbocycles. The second-order valence-corrected chi connectivity index (χ2v) is 4.80. The van der Waals surface area contributed by atoms with Crippen molar-refractivity contribution in [2.24, 2.45) is 0 Å². The molecule has 1 aromatic carbocycles. The maximum absolute atomic E-state index is 11.0. The molecule has 1 heterocycles. The van der Waals surface area contributed by atoms with Gasteiger partial charge in [-0.05, 0) is 42.0 Å². The smallest absolute Gasteiger partial charge is 0.328 e. The Morgan fingerprint density at radius 1 is 1.50 bits per heavy atom. The third kappa shape index (κ3) is 2.26. The fourth-order valence-corrected chi connectivity index (χ4v) is 2.21. The van der Waals surface area contributed by atoms with Crippen molar-refractivity contribution in [2.75, 3.05) is 0 Å². The topological polar surface area (TPSA) is 80.9 Å². The Morgan fingerprint density at radius 3 is 2.83 bits per heavy atom. The number of nitrogens with zero attached hydrogens (tertiary/aromatic N) is 4. The summed E-state index contributed by atoms with van der Waals surface area (Å²) < 4.78 is 2.12. The molecule has 1 unspecified atom stereocenters. The predicted octanol–water partition coefficient (Wildman–Crippen LogP) is 2.06. The van der Waals surface area contributed by atoms with E-state index in [0.717, 1.165) is 15.6 Å². The highest BCUT2D eigenvalue weighted by atomic mass is 79.9.